The van der Waals surface area contributed by atoms with Gasteiger partial charge in [0.15, 0.2) is 5.96 Å². The topological polar surface area (TPSA) is 54.9 Å². The zero-order chi connectivity index (χ0) is 18.7. The van der Waals surface area contributed by atoms with Crippen LogP contribution in [0, 0.1) is 5.41 Å². The molecule has 26 heavy (non-hydrogen) atoms. The molecule has 0 unspecified atom stereocenters. The van der Waals surface area contributed by atoms with E-state index in [1.807, 2.05) is 13.0 Å². The number of benzene rings is 1. The van der Waals surface area contributed by atoms with Crippen molar-refractivity contribution in [3.05, 3.63) is 29.8 Å². The van der Waals surface area contributed by atoms with E-state index in [9.17, 15) is 0 Å². The lowest BCUT2D eigenvalue weighted by Crippen LogP contribution is -2.41. The van der Waals surface area contributed by atoms with E-state index in [1.165, 1.54) is 24.8 Å². The van der Waals surface area contributed by atoms with Crippen molar-refractivity contribution < 1.29 is 9.47 Å². The Hall–Kier alpha value is -1.75. The molecule has 1 aromatic carbocycles. The van der Waals surface area contributed by atoms with Gasteiger partial charge in [0, 0.05) is 33.4 Å². The molecule has 0 amide bonds. The summed E-state index contributed by atoms with van der Waals surface area (Å²) in [7, 11) is 1.78. The number of hydrogen-bond donors (Lipinski definition) is 2. The van der Waals surface area contributed by atoms with E-state index in [4.69, 9.17) is 14.5 Å². The van der Waals surface area contributed by atoms with Gasteiger partial charge in [-0.2, -0.15) is 0 Å². The number of hydrogen-bond acceptors (Lipinski definition) is 3. The first kappa shape index (κ1) is 20.6. The summed E-state index contributed by atoms with van der Waals surface area (Å²) in [6.45, 7) is 8.25. The van der Waals surface area contributed by atoms with E-state index in [1.54, 1.807) is 7.11 Å². The van der Waals surface area contributed by atoms with E-state index < -0.39 is 0 Å². The van der Waals surface area contributed by atoms with Gasteiger partial charge in [-0.3, -0.25) is 4.99 Å². The number of aliphatic imine (C=N–C) groups is 1. The molecule has 0 atom stereocenters. The molecular weight excluding hydrogens is 326 g/mol. The minimum absolute atomic E-state index is 0.351. The highest BCUT2D eigenvalue weighted by molar-refractivity contribution is 5.79. The molecular formula is C21H35N3O2. The van der Waals surface area contributed by atoms with Crippen LogP contribution in [0.1, 0.15) is 45.1 Å². The average Bonchev–Trinajstić information content (AvgIpc) is 2.61. The molecule has 0 heterocycles. The summed E-state index contributed by atoms with van der Waals surface area (Å²) in [6.07, 6.45) is 5.91. The predicted molar refractivity (Wildman–Crippen MR) is 108 cm³/mol. The fourth-order valence-electron chi connectivity index (χ4n) is 3.35. The van der Waals surface area contributed by atoms with Crippen molar-refractivity contribution in [3.63, 3.8) is 0 Å². The summed E-state index contributed by atoms with van der Waals surface area (Å²) in [5.74, 6) is 1.85. The third kappa shape index (κ3) is 6.52. The minimum atomic E-state index is 0.351. The first-order chi connectivity index (χ1) is 12.7. The summed E-state index contributed by atoms with van der Waals surface area (Å²) in [5.41, 5.74) is 1.62. The van der Waals surface area contributed by atoms with Crippen molar-refractivity contribution in [2.24, 2.45) is 10.4 Å². The molecule has 0 bridgehead atoms. The summed E-state index contributed by atoms with van der Waals surface area (Å²) in [6, 6.07) is 8.31. The first-order valence-electron chi connectivity index (χ1n) is 9.94. The fourth-order valence-corrected chi connectivity index (χ4v) is 3.35. The molecule has 1 aliphatic rings. The molecule has 1 aliphatic carbocycles. The van der Waals surface area contributed by atoms with Gasteiger partial charge < -0.3 is 20.1 Å². The normalized spacial score (nSPS) is 16.0. The van der Waals surface area contributed by atoms with Gasteiger partial charge in [0.25, 0.3) is 0 Å². The Morgan fingerprint density at radius 2 is 2.08 bits per heavy atom. The largest absolute Gasteiger partial charge is 0.494 e. The van der Waals surface area contributed by atoms with E-state index >= 15 is 0 Å². The van der Waals surface area contributed by atoms with Crippen molar-refractivity contribution in [1.29, 1.82) is 0 Å². The molecule has 1 aromatic rings. The molecule has 2 N–H and O–H groups in total. The average molecular weight is 362 g/mol. The second-order valence-electron chi connectivity index (χ2n) is 7.05. The lowest BCUT2D eigenvalue weighted by Gasteiger charge is -2.40. The van der Waals surface area contributed by atoms with Crippen LogP contribution in [0.3, 0.4) is 0 Å². The Labute approximate surface area is 158 Å². The van der Waals surface area contributed by atoms with Crippen LogP contribution in [0.2, 0.25) is 0 Å². The number of nitrogens with one attached hydrogen (secondary N) is 2. The lowest BCUT2D eigenvalue weighted by atomic mass is 9.67. The van der Waals surface area contributed by atoms with Gasteiger partial charge in [-0.15, -0.1) is 0 Å². The fraction of sp³-hybridized carbons (Fsp3) is 0.667. The van der Waals surface area contributed by atoms with Crippen molar-refractivity contribution in [3.8, 4) is 5.75 Å². The molecule has 1 fully saturated rings. The molecule has 0 spiro atoms. The second-order valence-corrected chi connectivity index (χ2v) is 7.05. The maximum absolute atomic E-state index is 5.57. The minimum Gasteiger partial charge on any atom is -0.494 e. The van der Waals surface area contributed by atoms with Crippen LogP contribution in [0.15, 0.2) is 29.3 Å². The third-order valence-corrected chi connectivity index (χ3v) is 5.08. The Balaban J connectivity index is 1.84. The monoisotopic (exact) mass is 361 g/mol. The van der Waals surface area contributed by atoms with Gasteiger partial charge in [-0.05, 0) is 62.6 Å². The third-order valence-electron chi connectivity index (χ3n) is 5.08. The quantitative estimate of drug-likeness (QED) is 0.469. The van der Waals surface area contributed by atoms with Crippen molar-refractivity contribution in [2.45, 2.75) is 46.0 Å². The standard InChI is InChI=1S/C21H35N3O2/c1-4-22-20(24-17-21(11-7-12-21)13-15-25-3)23-14-10-18-8-6-9-19(16-18)26-5-2/h6,8-9,16H,4-5,7,10-15,17H2,1-3H3,(H2,22,23,24). The number of ether oxygens (including phenoxy) is 2. The van der Waals surface area contributed by atoms with Crippen molar-refractivity contribution in [1.82, 2.24) is 10.6 Å². The molecule has 5 nitrogen and oxygen atoms in total. The van der Waals surface area contributed by atoms with E-state index in [0.29, 0.717) is 12.0 Å². The van der Waals surface area contributed by atoms with Gasteiger partial charge in [0.1, 0.15) is 5.75 Å². The number of rotatable bonds is 11. The van der Waals surface area contributed by atoms with Crippen LogP contribution in [0.5, 0.6) is 5.75 Å². The van der Waals surface area contributed by atoms with Crippen LogP contribution >= 0.6 is 0 Å². The van der Waals surface area contributed by atoms with Crippen molar-refractivity contribution >= 4 is 5.96 Å². The van der Waals surface area contributed by atoms with Gasteiger partial charge in [0.2, 0.25) is 0 Å². The maximum atomic E-state index is 5.57. The maximum Gasteiger partial charge on any atom is 0.191 e. The number of guanidine groups is 1. The Bertz CT molecular complexity index is 556. The van der Waals surface area contributed by atoms with Crippen LogP contribution in [-0.2, 0) is 11.2 Å². The molecule has 0 radical (unpaired) electrons. The van der Waals surface area contributed by atoms with Gasteiger partial charge >= 0.3 is 0 Å². The number of methoxy groups -OCH3 is 1. The van der Waals surface area contributed by atoms with Crippen LogP contribution in [0.25, 0.3) is 0 Å². The highest BCUT2D eigenvalue weighted by Crippen LogP contribution is 2.44. The summed E-state index contributed by atoms with van der Waals surface area (Å²) >= 11 is 0. The predicted octanol–water partition coefficient (Wildman–Crippen LogP) is 3.39. The zero-order valence-electron chi connectivity index (χ0n) is 16.6. The van der Waals surface area contributed by atoms with Crippen LogP contribution in [0.4, 0.5) is 0 Å². The Morgan fingerprint density at radius 3 is 2.73 bits per heavy atom. The van der Waals surface area contributed by atoms with E-state index in [0.717, 1.165) is 50.8 Å². The smallest absolute Gasteiger partial charge is 0.191 e. The number of nitrogens with zero attached hydrogens (tertiary/aromatic N) is 1. The molecule has 0 saturated heterocycles. The second kappa shape index (κ2) is 11.1. The summed E-state index contributed by atoms with van der Waals surface area (Å²) in [4.78, 5) is 4.85. The van der Waals surface area contributed by atoms with E-state index in [-0.39, 0.29) is 0 Å². The van der Waals surface area contributed by atoms with E-state index in [2.05, 4.69) is 35.8 Å². The molecule has 146 valence electrons. The highest BCUT2D eigenvalue weighted by atomic mass is 16.5. The summed E-state index contributed by atoms with van der Waals surface area (Å²) < 4.78 is 10.9. The molecule has 0 aliphatic heterocycles. The Kier molecular flexibility index (Phi) is 8.75. The highest BCUT2D eigenvalue weighted by Gasteiger charge is 2.36. The SMILES string of the molecule is CCNC(=NCC1(CCOC)CCC1)NCCc1cccc(OCC)c1. The lowest BCUT2D eigenvalue weighted by molar-refractivity contribution is 0.0778. The van der Waals surface area contributed by atoms with Crippen LogP contribution in [-0.4, -0.2) is 45.9 Å². The van der Waals surface area contributed by atoms with Crippen molar-refractivity contribution in [2.75, 3.05) is 40.0 Å². The van der Waals surface area contributed by atoms with Gasteiger partial charge in [-0.1, -0.05) is 18.6 Å². The molecule has 5 heteroatoms. The molecule has 2 rings (SSSR count). The molecule has 0 aromatic heterocycles. The summed E-state index contributed by atoms with van der Waals surface area (Å²) in [5, 5.41) is 6.82. The van der Waals surface area contributed by atoms with Gasteiger partial charge in [0.05, 0.1) is 6.61 Å². The van der Waals surface area contributed by atoms with Gasteiger partial charge in [-0.25, -0.2) is 0 Å². The van der Waals surface area contributed by atoms with Crippen LogP contribution < -0.4 is 15.4 Å². The zero-order valence-corrected chi connectivity index (χ0v) is 16.6. The Morgan fingerprint density at radius 1 is 1.23 bits per heavy atom. The first-order valence-corrected chi connectivity index (χ1v) is 9.94. The molecule has 1 saturated carbocycles.